The molecule has 0 amide bonds. The molecule has 0 aromatic carbocycles. The highest BCUT2D eigenvalue weighted by atomic mass is 16.5. The van der Waals surface area contributed by atoms with Crippen LogP contribution in [0.5, 0.6) is 0 Å². The van der Waals surface area contributed by atoms with Gasteiger partial charge in [-0.15, -0.1) is 6.58 Å². The molecule has 0 bridgehead atoms. The fourth-order valence-corrected chi connectivity index (χ4v) is 2.54. The van der Waals surface area contributed by atoms with Crippen LogP contribution >= 0.6 is 0 Å². The van der Waals surface area contributed by atoms with Gasteiger partial charge in [0.25, 0.3) is 0 Å². The summed E-state index contributed by atoms with van der Waals surface area (Å²) in [6, 6.07) is 0.566. The molecule has 1 rings (SSSR count). The third-order valence-electron chi connectivity index (χ3n) is 3.98. The molecule has 100 valence electrons. The average Bonchev–Trinajstić information content (AvgIpc) is 2.35. The van der Waals surface area contributed by atoms with Crippen LogP contribution in [-0.4, -0.2) is 38.5 Å². The van der Waals surface area contributed by atoms with Crippen LogP contribution in [-0.2, 0) is 9.47 Å². The van der Waals surface area contributed by atoms with Crippen LogP contribution < -0.4 is 5.32 Å². The molecule has 17 heavy (non-hydrogen) atoms. The second-order valence-corrected chi connectivity index (χ2v) is 4.91. The fraction of sp³-hybridized carbons (Fsp3) is 0.857. The monoisotopic (exact) mass is 241 g/mol. The van der Waals surface area contributed by atoms with Gasteiger partial charge in [-0.1, -0.05) is 19.9 Å². The minimum atomic E-state index is 0.286. The van der Waals surface area contributed by atoms with E-state index in [0.29, 0.717) is 18.8 Å². The van der Waals surface area contributed by atoms with E-state index in [0.717, 1.165) is 32.6 Å². The van der Waals surface area contributed by atoms with E-state index in [1.165, 1.54) is 0 Å². The molecule has 1 N–H and O–H groups in total. The highest BCUT2D eigenvalue weighted by Crippen LogP contribution is 2.45. The van der Waals surface area contributed by atoms with Crippen LogP contribution in [0.4, 0.5) is 0 Å². The molecule has 3 unspecified atom stereocenters. The van der Waals surface area contributed by atoms with Gasteiger partial charge >= 0.3 is 0 Å². The van der Waals surface area contributed by atoms with Crippen molar-refractivity contribution in [2.45, 2.75) is 45.8 Å². The van der Waals surface area contributed by atoms with E-state index in [9.17, 15) is 0 Å². The van der Waals surface area contributed by atoms with Gasteiger partial charge in [-0.25, -0.2) is 0 Å². The van der Waals surface area contributed by atoms with Crippen molar-refractivity contribution in [1.29, 1.82) is 0 Å². The highest BCUT2D eigenvalue weighted by molar-refractivity contribution is 5.04. The minimum Gasteiger partial charge on any atom is -0.378 e. The molecule has 3 nitrogen and oxygen atoms in total. The minimum absolute atomic E-state index is 0.286. The molecule has 0 aliphatic heterocycles. The summed E-state index contributed by atoms with van der Waals surface area (Å²) >= 11 is 0. The lowest BCUT2D eigenvalue weighted by Gasteiger charge is -2.53. The first-order valence-electron chi connectivity index (χ1n) is 6.72. The van der Waals surface area contributed by atoms with E-state index in [4.69, 9.17) is 9.47 Å². The largest absolute Gasteiger partial charge is 0.378 e. The Kier molecular flexibility index (Phi) is 6.17. The zero-order valence-electron chi connectivity index (χ0n) is 11.5. The molecule has 0 spiro atoms. The van der Waals surface area contributed by atoms with Crippen molar-refractivity contribution in [3.8, 4) is 0 Å². The summed E-state index contributed by atoms with van der Waals surface area (Å²) in [4.78, 5) is 0. The van der Waals surface area contributed by atoms with Crippen LogP contribution in [0, 0.1) is 5.41 Å². The molecule has 0 aromatic rings. The maximum Gasteiger partial charge on any atom is 0.0658 e. The quantitative estimate of drug-likeness (QED) is 0.496. The summed E-state index contributed by atoms with van der Waals surface area (Å²) < 4.78 is 11.1. The Morgan fingerprint density at radius 3 is 2.82 bits per heavy atom. The Balaban J connectivity index is 2.23. The Hall–Kier alpha value is -0.380. The molecule has 0 aromatic heterocycles. The van der Waals surface area contributed by atoms with Gasteiger partial charge in [0, 0.05) is 24.6 Å². The third-order valence-corrected chi connectivity index (χ3v) is 3.98. The molecule has 1 aliphatic rings. The Morgan fingerprint density at radius 1 is 1.47 bits per heavy atom. The molecule has 0 saturated heterocycles. The fourth-order valence-electron chi connectivity index (χ4n) is 2.54. The van der Waals surface area contributed by atoms with E-state index in [1.807, 2.05) is 0 Å². The third kappa shape index (κ3) is 3.54. The van der Waals surface area contributed by atoms with Gasteiger partial charge in [0.2, 0.25) is 0 Å². The molecule has 1 saturated carbocycles. The molecule has 1 fully saturated rings. The second kappa shape index (κ2) is 7.14. The van der Waals surface area contributed by atoms with Gasteiger partial charge in [0.05, 0.1) is 19.3 Å². The smallest absolute Gasteiger partial charge is 0.0658 e. The predicted octanol–water partition coefficient (Wildman–Crippen LogP) is 2.37. The molecule has 3 atom stereocenters. The predicted molar refractivity (Wildman–Crippen MR) is 71.2 cm³/mol. The number of nitrogens with one attached hydrogen (secondary N) is 1. The molecular formula is C14H27NO2. The van der Waals surface area contributed by atoms with Crippen molar-refractivity contribution in [2.24, 2.45) is 5.41 Å². The zero-order chi connectivity index (χ0) is 12.7. The average molecular weight is 241 g/mol. The number of ether oxygens (including phenoxy) is 2. The molecule has 0 radical (unpaired) electrons. The highest BCUT2D eigenvalue weighted by Gasteiger charge is 2.50. The van der Waals surface area contributed by atoms with Gasteiger partial charge in [-0.2, -0.15) is 0 Å². The first kappa shape index (κ1) is 14.7. The van der Waals surface area contributed by atoms with Crippen LogP contribution in [0.1, 0.15) is 33.6 Å². The molecular weight excluding hydrogens is 214 g/mol. The van der Waals surface area contributed by atoms with Crippen LogP contribution in [0.2, 0.25) is 0 Å². The molecule has 3 heteroatoms. The Morgan fingerprint density at radius 2 is 2.24 bits per heavy atom. The van der Waals surface area contributed by atoms with Crippen molar-refractivity contribution in [2.75, 3.05) is 26.4 Å². The summed E-state index contributed by atoms with van der Waals surface area (Å²) in [6.07, 6.45) is 4.48. The summed E-state index contributed by atoms with van der Waals surface area (Å²) in [7, 11) is 0. The van der Waals surface area contributed by atoms with Crippen LogP contribution in [0.25, 0.3) is 0 Å². The van der Waals surface area contributed by atoms with Gasteiger partial charge in [0.15, 0.2) is 0 Å². The molecule has 1 aliphatic carbocycles. The maximum atomic E-state index is 5.77. The van der Waals surface area contributed by atoms with Gasteiger partial charge < -0.3 is 14.8 Å². The van der Waals surface area contributed by atoms with E-state index in [-0.39, 0.29) is 5.41 Å². The summed E-state index contributed by atoms with van der Waals surface area (Å²) in [6.45, 7) is 13.4. The van der Waals surface area contributed by atoms with Gasteiger partial charge in [-0.05, 0) is 19.8 Å². The Bertz CT molecular complexity index is 232. The maximum absolute atomic E-state index is 5.77. The number of rotatable bonds is 9. The van der Waals surface area contributed by atoms with Crippen molar-refractivity contribution >= 4 is 0 Å². The first-order valence-corrected chi connectivity index (χ1v) is 6.72. The van der Waals surface area contributed by atoms with Crippen molar-refractivity contribution < 1.29 is 9.47 Å². The topological polar surface area (TPSA) is 30.5 Å². The van der Waals surface area contributed by atoms with Crippen LogP contribution in [0.3, 0.4) is 0 Å². The number of hydrogen-bond acceptors (Lipinski definition) is 3. The standard InChI is InChI=1S/C14H27NO2/c1-5-9-16-10-8-15-12-11-13(17-7-3)14(12,4)6-2/h5,12-13,15H,1,6-11H2,2-4H3. The van der Waals surface area contributed by atoms with Gasteiger partial charge in [-0.3, -0.25) is 0 Å². The van der Waals surface area contributed by atoms with Gasteiger partial charge in [0.1, 0.15) is 0 Å². The van der Waals surface area contributed by atoms with Crippen molar-refractivity contribution in [3.05, 3.63) is 12.7 Å². The van der Waals surface area contributed by atoms with E-state index < -0.39 is 0 Å². The zero-order valence-corrected chi connectivity index (χ0v) is 11.5. The summed E-state index contributed by atoms with van der Waals surface area (Å²) in [5, 5.41) is 3.57. The van der Waals surface area contributed by atoms with E-state index in [1.54, 1.807) is 6.08 Å². The first-order chi connectivity index (χ1) is 8.19. The number of hydrogen-bond donors (Lipinski definition) is 1. The summed E-state index contributed by atoms with van der Waals surface area (Å²) in [5.41, 5.74) is 0.286. The summed E-state index contributed by atoms with van der Waals surface area (Å²) in [5.74, 6) is 0. The van der Waals surface area contributed by atoms with Crippen molar-refractivity contribution in [3.63, 3.8) is 0 Å². The van der Waals surface area contributed by atoms with Crippen LogP contribution in [0.15, 0.2) is 12.7 Å². The lowest BCUT2D eigenvalue weighted by molar-refractivity contribution is -0.126. The SMILES string of the molecule is C=CCOCCNC1CC(OCC)C1(C)CC. The molecule has 0 heterocycles. The normalized spacial score (nSPS) is 32.2. The lowest BCUT2D eigenvalue weighted by Crippen LogP contribution is -2.62. The Labute approximate surface area is 106 Å². The lowest BCUT2D eigenvalue weighted by atomic mass is 9.61. The van der Waals surface area contributed by atoms with E-state index >= 15 is 0 Å². The second-order valence-electron chi connectivity index (χ2n) is 4.91. The van der Waals surface area contributed by atoms with Crippen molar-refractivity contribution in [1.82, 2.24) is 5.32 Å². The van der Waals surface area contributed by atoms with E-state index in [2.05, 4.69) is 32.7 Å².